The zero-order valence-corrected chi connectivity index (χ0v) is 15.3. The van der Waals surface area contributed by atoms with Crippen molar-refractivity contribution >= 4 is 0 Å². The summed E-state index contributed by atoms with van der Waals surface area (Å²) in [5.74, 6) is 0.493. The van der Waals surface area contributed by atoms with Crippen LogP contribution in [0.3, 0.4) is 0 Å². The molecule has 0 saturated carbocycles. The fraction of sp³-hybridized carbons (Fsp3) is 0.400. The Hall–Kier alpha value is -2.80. The van der Waals surface area contributed by atoms with Gasteiger partial charge in [0.25, 0.3) is 5.56 Å². The molecule has 0 atom stereocenters. The van der Waals surface area contributed by atoms with Gasteiger partial charge in [-0.3, -0.25) is 9.78 Å². The first-order valence-corrected chi connectivity index (χ1v) is 9.44. The van der Waals surface area contributed by atoms with Crippen LogP contribution in [0.4, 0.5) is 0 Å². The topological polar surface area (TPSA) is 68.8 Å². The average molecular weight is 364 g/mol. The van der Waals surface area contributed by atoms with Gasteiger partial charge in [0.1, 0.15) is 0 Å². The Morgan fingerprint density at radius 3 is 2.52 bits per heavy atom. The van der Waals surface area contributed by atoms with Crippen molar-refractivity contribution in [1.29, 1.82) is 0 Å². The van der Waals surface area contributed by atoms with Crippen LogP contribution in [0.25, 0.3) is 11.3 Å². The fourth-order valence-electron chi connectivity index (χ4n) is 3.57. The SMILES string of the molecule is O=c1ccc(-c2ccncc2)nn1CC1CCN(CCn2ccnc2)CC1. The third-order valence-electron chi connectivity index (χ3n) is 5.21. The second-order valence-electron chi connectivity index (χ2n) is 7.06. The minimum Gasteiger partial charge on any atom is -0.336 e. The van der Waals surface area contributed by atoms with E-state index in [4.69, 9.17) is 0 Å². The Balaban J connectivity index is 1.34. The van der Waals surface area contributed by atoms with Gasteiger partial charge in [-0.2, -0.15) is 5.10 Å². The van der Waals surface area contributed by atoms with E-state index in [0.29, 0.717) is 12.5 Å². The van der Waals surface area contributed by atoms with Crippen molar-refractivity contribution in [2.24, 2.45) is 5.92 Å². The van der Waals surface area contributed by atoms with Gasteiger partial charge in [-0.05, 0) is 50.0 Å². The lowest BCUT2D eigenvalue weighted by Gasteiger charge is -2.32. The molecule has 1 aliphatic rings. The molecule has 4 heterocycles. The first-order valence-electron chi connectivity index (χ1n) is 9.44. The number of nitrogens with zero attached hydrogens (tertiary/aromatic N) is 6. The van der Waals surface area contributed by atoms with E-state index in [-0.39, 0.29) is 5.56 Å². The van der Waals surface area contributed by atoms with Gasteiger partial charge in [-0.1, -0.05) is 0 Å². The minimum atomic E-state index is -0.0321. The minimum absolute atomic E-state index is 0.0321. The summed E-state index contributed by atoms with van der Waals surface area (Å²) in [7, 11) is 0. The molecule has 0 aromatic carbocycles. The molecule has 0 aliphatic carbocycles. The number of piperidine rings is 1. The van der Waals surface area contributed by atoms with E-state index < -0.39 is 0 Å². The maximum absolute atomic E-state index is 12.2. The molecule has 1 aliphatic heterocycles. The molecule has 3 aromatic rings. The summed E-state index contributed by atoms with van der Waals surface area (Å²) in [4.78, 5) is 22.9. The van der Waals surface area contributed by atoms with Crippen molar-refractivity contribution < 1.29 is 0 Å². The summed E-state index contributed by atoms with van der Waals surface area (Å²) >= 11 is 0. The summed E-state index contributed by atoms with van der Waals surface area (Å²) in [6, 6.07) is 7.22. The Bertz CT molecular complexity index is 898. The first kappa shape index (κ1) is 17.6. The van der Waals surface area contributed by atoms with Crippen LogP contribution in [0, 0.1) is 5.92 Å². The number of hydrogen-bond acceptors (Lipinski definition) is 5. The molecule has 4 rings (SSSR count). The van der Waals surface area contributed by atoms with Gasteiger partial charge in [0.2, 0.25) is 0 Å². The van der Waals surface area contributed by atoms with Gasteiger partial charge >= 0.3 is 0 Å². The van der Waals surface area contributed by atoms with Gasteiger partial charge in [-0.15, -0.1) is 0 Å². The van der Waals surface area contributed by atoms with E-state index in [9.17, 15) is 4.79 Å². The molecule has 0 bridgehead atoms. The Morgan fingerprint density at radius 1 is 0.963 bits per heavy atom. The van der Waals surface area contributed by atoms with Crippen molar-refractivity contribution in [1.82, 2.24) is 29.2 Å². The molecular weight excluding hydrogens is 340 g/mol. The van der Waals surface area contributed by atoms with Crippen LogP contribution in [-0.2, 0) is 13.1 Å². The molecule has 7 nitrogen and oxygen atoms in total. The lowest BCUT2D eigenvalue weighted by atomic mass is 9.97. The lowest BCUT2D eigenvalue weighted by Crippen LogP contribution is -2.38. The first-order chi connectivity index (χ1) is 13.3. The van der Waals surface area contributed by atoms with Crippen LogP contribution in [-0.4, -0.2) is 48.8 Å². The molecule has 1 saturated heterocycles. The van der Waals surface area contributed by atoms with Crippen molar-refractivity contribution in [2.45, 2.75) is 25.9 Å². The predicted octanol–water partition coefficient (Wildman–Crippen LogP) is 1.91. The summed E-state index contributed by atoms with van der Waals surface area (Å²) < 4.78 is 3.74. The normalized spacial score (nSPS) is 15.9. The Kier molecular flexibility index (Phi) is 5.39. The summed E-state index contributed by atoms with van der Waals surface area (Å²) in [5, 5.41) is 4.58. The number of hydrogen-bond donors (Lipinski definition) is 0. The lowest BCUT2D eigenvalue weighted by molar-refractivity contribution is 0.165. The number of imidazole rings is 1. The van der Waals surface area contributed by atoms with Crippen molar-refractivity contribution in [3.8, 4) is 11.3 Å². The van der Waals surface area contributed by atoms with Crippen LogP contribution >= 0.6 is 0 Å². The van der Waals surface area contributed by atoms with Gasteiger partial charge in [0.15, 0.2) is 0 Å². The van der Waals surface area contributed by atoms with Crippen molar-refractivity contribution in [3.05, 3.63) is 65.7 Å². The number of rotatable bonds is 6. The fourth-order valence-corrected chi connectivity index (χ4v) is 3.57. The van der Waals surface area contributed by atoms with Gasteiger partial charge < -0.3 is 9.47 Å². The second-order valence-corrected chi connectivity index (χ2v) is 7.06. The highest BCUT2D eigenvalue weighted by atomic mass is 16.1. The number of likely N-dealkylation sites (tertiary alicyclic amines) is 1. The molecule has 0 spiro atoms. The predicted molar refractivity (Wildman–Crippen MR) is 103 cm³/mol. The third kappa shape index (κ3) is 4.49. The molecule has 140 valence electrons. The van der Waals surface area contributed by atoms with E-state index in [0.717, 1.165) is 50.3 Å². The molecule has 0 unspecified atom stereocenters. The highest BCUT2D eigenvalue weighted by Gasteiger charge is 2.20. The summed E-state index contributed by atoms with van der Waals surface area (Å²) in [6.45, 7) is 4.84. The largest absolute Gasteiger partial charge is 0.336 e. The molecule has 0 N–H and O–H groups in total. The second kappa shape index (κ2) is 8.26. The van der Waals surface area contributed by atoms with E-state index in [1.165, 1.54) is 0 Å². The standard InChI is InChI=1S/C20H24N6O/c27-20-2-1-19(18-3-7-21-8-4-18)23-26(20)15-17-5-10-24(11-6-17)13-14-25-12-9-22-16-25/h1-4,7-9,12,16-17H,5-6,10-11,13-15H2. The van der Waals surface area contributed by atoms with E-state index in [1.807, 2.05) is 30.9 Å². The van der Waals surface area contributed by atoms with Crippen LogP contribution in [0.1, 0.15) is 12.8 Å². The highest BCUT2D eigenvalue weighted by molar-refractivity contribution is 5.56. The van der Waals surface area contributed by atoms with Crippen LogP contribution in [0.2, 0.25) is 0 Å². The molecule has 0 amide bonds. The Labute approximate surface area is 158 Å². The van der Waals surface area contributed by atoms with Crippen molar-refractivity contribution in [3.63, 3.8) is 0 Å². The quantitative estimate of drug-likeness (QED) is 0.668. The zero-order valence-electron chi connectivity index (χ0n) is 15.3. The number of aromatic nitrogens is 5. The van der Waals surface area contributed by atoms with Gasteiger partial charge in [0, 0.05) is 56.1 Å². The Morgan fingerprint density at radius 2 is 1.78 bits per heavy atom. The van der Waals surface area contributed by atoms with Crippen LogP contribution in [0.15, 0.2) is 60.2 Å². The molecular formula is C20H24N6O. The van der Waals surface area contributed by atoms with E-state index in [1.54, 1.807) is 29.2 Å². The maximum Gasteiger partial charge on any atom is 0.266 e. The zero-order chi connectivity index (χ0) is 18.5. The van der Waals surface area contributed by atoms with Crippen molar-refractivity contribution in [2.75, 3.05) is 19.6 Å². The van der Waals surface area contributed by atoms with E-state index >= 15 is 0 Å². The molecule has 0 radical (unpaired) electrons. The molecule has 7 heteroatoms. The number of pyridine rings is 1. The summed E-state index contributed by atoms with van der Waals surface area (Å²) in [6.07, 6.45) is 11.4. The molecule has 1 fully saturated rings. The third-order valence-corrected chi connectivity index (χ3v) is 5.21. The average Bonchev–Trinajstić information content (AvgIpc) is 3.23. The molecule has 27 heavy (non-hydrogen) atoms. The van der Waals surface area contributed by atoms with Gasteiger partial charge in [0.05, 0.1) is 12.0 Å². The van der Waals surface area contributed by atoms with Crippen LogP contribution in [0.5, 0.6) is 0 Å². The molecule has 3 aromatic heterocycles. The highest BCUT2D eigenvalue weighted by Crippen LogP contribution is 2.19. The summed E-state index contributed by atoms with van der Waals surface area (Å²) in [5.41, 5.74) is 1.76. The van der Waals surface area contributed by atoms with Gasteiger partial charge in [-0.25, -0.2) is 9.67 Å². The van der Waals surface area contributed by atoms with E-state index in [2.05, 4.69) is 24.5 Å². The monoisotopic (exact) mass is 364 g/mol. The maximum atomic E-state index is 12.2. The smallest absolute Gasteiger partial charge is 0.266 e. The van der Waals surface area contributed by atoms with Crippen LogP contribution < -0.4 is 5.56 Å².